The second kappa shape index (κ2) is 7.80. The number of aromatic amines is 1. The van der Waals surface area contributed by atoms with Gasteiger partial charge in [-0.05, 0) is 61.4 Å². The number of hydrogen-bond donors (Lipinski definition) is 1. The lowest BCUT2D eigenvalue weighted by Crippen LogP contribution is -2.09. The Labute approximate surface area is 169 Å². The van der Waals surface area contributed by atoms with Gasteiger partial charge in [0.2, 0.25) is 0 Å². The fourth-order valence-electron chi connectivity index (χ4n) is 3.30. The summed E-state index contributed by atoms with van der Waals surface area (Å²) in [4.78, 5) is 19.9. The minimum Gasteiger partial charge on any atom is -0.496 e. The quantitative estimate of drug-likeness (QED) is 0.535. The number of nitrogens with one attached hydrogen (secondary N) is 1. The van der Waals surface area contributed by atoms with Gasteiger partial charge in [-0.2, -0.15) is 0 Å². The van der Waals surface area contributed by atoms with E-state index in [1.165, 1.54) is 5.56 Å². The Morgan fingerprint density at radius 1 is 0.966 bits per heavy atom. The molecule has 0 aliphatic rings. The maximum atomic E-state index is 12.4. The Morgan fingerprint density at radius 2 is 1.79 bits per heavy atom. The van der Waals surface area contributed by atoms with Crippen molar-refractivity contribution in [1.82, 2.24) is 9.97 Å². The zero-order chi connectivity index (χ0) is 20.4. The molecule has 0 amide bonds. The van der Waals surface area contributed by atoms with Crippen LogP contribution in [-0.2, 0) is 6.61 Å². The topological polar surface area (TPSA) is 64.2 Å². The fraction of sp³-hybridized carbons (Fsp3) is 0.167. The van der Waals surface area contributed by atoms with Crippen LogP contribution in [0.15, 0.2) is 65.5 Å². The lowest BCUT2D eigenvalue weighted by atomic mass is 10.1. The molecule has 1 N–H and O–H groups in total. The fourth-order valence-corrected chi connectivity index (χ4v) is 3.30. The number of aromatic nitrogens is 2. The Balaban J connectivity index is 1.70. The van der Waals surface area contributed by atoms with Crippen LogP contribution in [0.4, 0.5) is 0 Å². The Kier molecular flexibility index (Phi) is 5.04. The van der Waals surface area contributed by atoms with Crippen LogP contribution >= 0.6 is 0 Å². The third-order valence-electron chi connectivity index (χ3n) is 5.10. The number of rotatable bonds is 5. The van der Waals surface area contributed by atoms with E-state index < -0.39 is 0 Å². The van der Waals surface area contributed by atoms with Gasteiger partial charge in [-0.1, -0.05) is 24.3 Å². The van der Waals surface area contributed by atoms with Gasteiger partial charge >= 0.3 is 0 Å². The number of aryl methyl sites for hydroxylation is 1. The summed E-state index contributed by atoms with van der Waals surface area (Å²) in [5, 5.41) is 0.572. The molecule has 1 heterocycles. The second-order valence-corrected chi connectivity index (χ2v) is 6.95. The molecule has 0 bridgehead atoms. The van der Waals surface area contributed by atoms with E-state index >= 15 is 0 Å². The average molecular weight is 386 g/mol. The summed E-state index contributed by atoms with van der Waals surface area (Å²) in [7, 11) is 1.63. The second-order valence-electron chi connectivity index (χ2n) is 6.95. The molecule has 1 aromatic heterocycles. The van der Waals surface area contributed by atoms with Crippen LogP contribution < -0.4 is 15.0 Å². The van der Waals surface area contributed by atoms with Crippen LogP contribution in [0.3, 0.4) is 0 Å². The zero-order valence-corrected chi connectivity index (χ0v) is 16.7. The third-order valence-corrected chi connectivity index (χ3v) is 5.10. The van der Waals surface area contributed by atoms with Crippen molar-refractivity contribution in [2.75, 3.05) is 7.11 Å². The van der Waals surface area contributed by atoms with Crippen molar-refractivity contribution in [2.24, 2.45) is 0 Å². The Morgan fingerprint density at radius 3 is 2.62 bits per heavy atom. The molecule has 0 radical (unpaired) electrons. The molecule has 29 heavy (non-hydrogen) atoms. The molecule has 4 aromatic rings. The van der Waals surface area contributed by atoms with Gasteiger partial charge in [-0.3, -0.25) is 4.79 Å². The molecule has 5 heteroatoms. The van der Waals surface area contributed by atoms with Gasteiger partial charge in [0.1, 0.15) is 23.9 Å². The number of nitrogens with zero attached hydrogens (tertiary/aromatic N) is 1. The minimum absolute atomic E-state index is 0.158. The predicted molar refractivity (Wildman–Crippen MR) is 115 cm³/mol. The summed E-state index contributed by atoms with van der Waals surface area (Å²) >= 11 is 0. The largest absolute Gasteiger partial charge is 0.496 e. The van der Waals surface area contributed by atoms with E-state index in [1.54, 1.807) is 13.2 Å². The standard InChI is InChI=1S/C24H22N2O3/c1-15-7-6-10-21(16(15)2)29-14-18-13-17(11-12-22(18)28-3)23-25-20-9-5-4-8-19(20)24(27)26-23/h4-13H,14H2,1-3H3,(H,25,26,27). The number of fused-ring (bicyclic) bond motifs is 1. The number of para-hydroxylation sites is 1. The molecule has 0 spiro atoms. The van der Waals surface area contributed by atoms with Crippen molar-refractivity contribution in [1.29, 1.82) is 0 Å². The van der Waals surface area contributed by atoms with E-state index in [1.807, 2.05) is 55.5 Å². The highest BCUT2D eigenvalue weighted by molar-refractivity contribution is 5.79. The first-order valence-corrected chi connectivity index (χ1v) is 9.42. The molecule has 0 aliphatic heterocycles. The zero-order valence-electron chi connectivity index (χ0n) is 16.7. The summed E-state index contributed by atoms with van der Waals surface area (Å²) in [6.45, 7) is 4.45. The minimum atomic E-state index is -0.158. The highest BCUT2D eigenvalue weighted by Gasteiger charge is 2.11. The van der Waals surface area contributed by atoms with Crippen LogP contribution in [0.2, 0.25) is 0 Å². The van der Waals surface area contributed by atoms with Crippen LogP contribution in [0.5, 0.6) is 11.5 Å². The summed E-state index contributed by atoms with van der Waals surface area (Å²) in [5.74, 6) is 2.08. The van der Waals surface area contributed by atoms with Gasteiger partial charge in [0, 0.05) is 11.1 Å². The Hall–Kier alpha value is -3.60. The maximum Gasteiger partial charge on any atom is 0.259 e. The first-order valence-electron chi connectivity index (χ1n) is 9.42. The molecule has 0 aliphatic carbocycles. The van der Waals surface area contributed by atoms with Crippen LogP contribution in [0.1, 0.15) is 16.7 Å². The molecule has 4 rings (SSSR count). The predicted octanol–water partition coefficient (Wildman–Crippen LogP) is 4.79. The molecule has 3 aromatic carbocycles. The third kappa shape index (κ3) is 3.72. The van der Waals surface area contributed by atoms with Crippen molar-refractivity contribution >= 4 is 10.9 Å². The summed E-state index contributed by atoms with van der Waals surface area (Å²) in [6, 6.07) is 19.0. The van der Waals surface area contributed by atoms with E-state index in [-0.39, 0.29) is 5.56 Å². The average Bonchev–Trinajstić information content (AvgIpc) is 2.74. The first kappa shape index (κ1) is 18.7. The van der Waals surface area contributed by atoms with Crippen molar-refractivity contribution in [3.8, 4) is 22.9 Å². The summed E-state index contributed by atoms with van der Waals surface area (Å²) in [6.07, 6.45) is 0. The van der Waals surface area contributed by atoms with Crippen LogP contribution in [0.25, 0.3) is 22.3 Å². The van der Waals surface area contributed by atoms with Gasteiger partial charge < -0.3 is 14.5 Å². The molecule has 0 saturated heterocycles. The number of hydrogen-bond acceptors (Lipinski definition) is 4. The van der Waals surface area contributed by atoms with E-state index in [9.17, 15) is 4.79 Å². The maximum absolute atomic E-state index is 12.4. The van der Waals surface area contributed by atoms with Gasteiger partial charge in [0.05, 0.1) is 18.0 Å². The number of ether oxygens (including phenoxy) is 2. The van der Waals surface area contributed by atoms with Crippen molar-refractivity contribution < 1.29 is 9.47 Å². The lowest BCUT2D eigenvalue weighted by Gasteiger charge is -2.14. The van der Waals surface area contributed by atoms with Gasteiger partial charge in [-0.25, -0.2) is 4.98 Å². The number of H-pyrrole nitrogens is 1. The normalized spacial score (nSPS) is 10.9. The van der Waals surface area contributed by atoms with Crippen LogP contribution in [-0.4, -0.2) is 17.1 Å². The summed E-state index contributed by atoms with van der Waals surface area (Å²) < 4.78 is 11.6. The SMILES string of the molecule is COc1ccc(-c2nc3ccccc3c(=O)[nH]2)cc1COc1cccc(C)c1C. The van der Waals surface area contributed by atoms with Gasteiger partial charge in [0.15, 0.2) is 0 Å². The monoisotopic (exact) mass is 386 g/mol. The molecule has 0 saturated carbocycles. The first-order chi connectivity index (χ1) is 14.1. The number of methoxy groups -OCH3 is 1. The van der Waals surface area contributed by atoms with Crippen molar-refractivity contribution in [3.63, 3.8) is 0 Å². The number of benzene rings is 3. The van der Waals surface area contributed by atoms with E-state index in [2.05, 4.69) is 23.0 Å². The lowest BCUT2D eigenvalue weighted by molar-refractivity contribution is 0.294. The molecule has 0 unspecified atom stereocenters. The van der Waals surface area contributed by atoms with Gasteiger partial charge in [-0.15, -0.1) is 0 Å². The molecule has 146 valence electrons. The van der Waals surface area contributed by atoms with E-state index in [4.69, 9.17) is 9.47 Å². The Bertz CT molecular complexity index is 1240. The van der Waals surface area contributed by atoms with Crippen molar-refractivity contribution in [3.05, 3.63) is 87.7 Å². The molecule has 0 fully saturated rings. The van der Waals surface area contributed by atoms with E-state index in [0.717, 1.165) is 28.2 Å². The molecular weight excluding hydrogens is 364 g/mol. The smallest absolute Gasteiger partial charge is 0.259 e. The molecular formula is C24H22N2O3. The molecule has 5 nitrogen and oxygen atoms in total. The molecule has 0 atom stereocenters. The van der Waals surface area contributed by atoms with Gasteiger partial charge in [0.25, 0.3) is 5.56 Å². The highest BCUT2D eigenvalue weighted by atomic mass is 16.5. The van der Waals surface area contributed by atoms with E-state index in [0.29, 0.717) is 23.3 Å². The van der Waals surface area contributed by atoms with Crippen LogP contribution in [0, 0.1) is 13.8 Å². The highest BCUT2D eigenvalue weighted by Crippen LogP contribution is 2.28. The van der Waals surface area contributed by atoms with Crippen molar-refractivity contribution in [2.45, 2.75) is 20.5 Å². The summed E-state index contributed by atoms with van der Waals surface area (Å²) in [5.41, 5.74) is 4.48.